The molecule has 0 unspecified atom stereocenters. The van der Waals surface area contributed by atoms with Crippen LogP contribution in [0.25, 0.3) is 0 Å². The average Bonchev–Trinajstić information content (AvgIpc) is 3.15. The quantitative estimate of drug-likeness (QED) is 0.772. The standard InChI is InChI=1S/C19H22N2O4/c1-13(21-18(23)15-8-10-25-11-15)17(22)20-12-19(24)9-4-6-14-5-2-3-7-16(14)19/h2-3,5,7-8,10-11,13,24H,4,6,9,12H2,1H3,(H,20,22)(H,21,23)/t13-,19-/m0/s1. The monoisotopic (exact) mass is 342 g/mol. The molecule has 1 aromatic carbocycles. The first-order valence-corrected chi connectivity index (χ1v) is 8.41. The first kappa shape index (κ1) is 17.2. The van der Waals surface area contributed by atoms with E-state index in [4.69, 9.17) is 4.42 Å². The number of carbonyl (C=O) groups is 2. The summed E-state index contributed by atoms with van der Waals surface area (Å²) in [6.45, 7) is 1.72. The topological polar surface area (TPSA) is 91.6 Å². The van der Waals surface area contributed by atoms with Crippen LogP contribution in [0.4, 0.5) is 0 Å². The van der Waals surface area contributed by atoms with Gasteiger partial charge in [0.05, 0.1) is 18.4 Å². The van der Waals surface area contributed by atoms with E-state index in [9.17, 15) is 14.7 Å². The zero-order valence-electron chi connectivity index (χ0n) is 14.1. The van der Waals surface area contributed by atoms with Crippen LogP contribution in [0.5, 0.6) is 0 Å². The number of rotatable bonds is 5. The molecule has 0 saturated carbocycles. The average molecular weight is 342 g/mol. The van der Waals surface area contributed by atoms with Crippen molar-refractivity contribution in [2.24, 2.45) is 0 Å². The molecule has 0 radical (unpaired) electrons. The minimum Gasteiger partial charge on any atom is -0.472 e. The fourth-order valence-corrected chi connectivity index (χ4v) is 3.21. The van der Waals surface area contributed by atoms with Crippen LogP contribution in [0, 0.1) is 0 Å². The predicted octanol–water partition coefficient (Wildman–Crippen LogP) is 1.74. The normalized spacial score (nSPS) is 20.4. The largest absolute Gasteiger partial charge is 0.472 e. The summed E-state index contributed by atoms with van der Waals surface area (Å²) >= 11 is 0. The van der Waals surface area contributed by atoms with Crippen molar-refractivity contribution in [3.05, 3.63) is 59.5 Å². The molecule has 0 bridgehead atoms. The van der Waals surface area contributed by atoms with Crippen LogP contribution in [0.1, 0.15) is 41.3 Å². The summed E-state index contributed by atoms with van der Waals surface area (Å²) < 4.78 is 4.86. The number of furan rings is 1. The predicted molar refractivity (Wildman–Crippen MR) is 91.9 cm³/mol. The molecule has 25 heavy (non-hydrogen) atoms. The number of amides is 2. The zero-order chi connectivity index (χ0) is 17.9. The van der Waals surface area contributed by atoms with Crippen molar-refractivity contribution in [1.29, 1.82) is 0 Å². The van der Waals surface area contributed by atoms with Crippen molar-refractivity contribution in [3.8, 4) is 0 Å². The lowest BCUT2D eigenvalue weighted by Crippen LogP contribution is -2.49. The van der Waals surface area contributed by atoms with Gasteiger partial charge in [0.25, 0.3) is 5.91 Å². The molecule has 3 rings (SSSR count). The van der Waals surface area contributed by atoms with Crippen LogP contribution >= 0.6 is 0 Å². The van der Waals surface area contributed by atoms with E-state index in [2.05, 4.69) is 10.6 Å². The minimum absolute atomic E-state index is 0.120. The summed E-state index contributed by atoms with van der Waals surface area (Å²) in [7, 11) is 0. The highest BCUT2D eigenvalue weighted by atomic mass is 16.3. The summed E-state index contributed by atoms with van der Waals surface area (Å²) in [4.78, 5) is 24.2. The number of nitrogens with one attached hydrogen (secondary N) is 2. The molecule has 0 aliphatic heterocycles. The molecule has 1 aliphatic rings. The molecule has 6 heteroatoms. The lowest BCUT2D eigenvalue weighted by Gasteiger charge is -2.35. The second-order valence-electron chi connectivity index (χ2n) is 6.47. The summed E-state index contributed by atoms with van der Waals surface area (Å²) in [5.74, 6) is -0.716. The van der Waals surface area contributed by atoms with Gasteiger partial charge < -0.3 is 20.2 Å². The number of benzene rings is 1. The Balaban J connectivity index is 1.59. The summed E-state index contributed by atoms with van der Waals surface area (Å²) in [5.41, 5.74) is 1.28. The van der Waals surface area contributed by atoms with E-state index in [0.29, 0.717) is 12.0 Å². The SMILES string of the molecule is C[C@H](NC(=O)c1ccoc1)C(=O)NC[C@@]1(O)CCCc2ccccc21. The highest BCUT2D eigenvalue weighted by molar-refractivity contribution is 5.97. The van der Waals surface area contributed by atoms with E-state index in [0.717, 1.165) is 24.0 Å². The van der Waals surface area contributed by atoms with Crippen LogP contribution in [0.3, 0.4) is 0 Å². The lowest BCUT2D eigenvalue weighted by atomic mass is 9.79. The van der Waals surface area contributed by atoms with E-state index < -0.39 is 11.6 Å². The fraction of sp³-hybridized carbons (Fsp3) is 0.368. The molecule has 2 atom stereocenters. The van der Waals surface area contributed by atoms with Crippen molar-refractivity contribution in [1.82, 2.24) is 10.6 Å². The molecular formula is C19H22N2O4. The van der Waals surface area contributed by atoms with Gasteiger partial charge >= 0.3 is 0 Å². The molecule has 2 amide bonds. The molecule has 1 aromatic heterocycles. The Morgan fingerprint density at radius 2 is 2.12 bits per heavy atom. The maximum absolute atomic E-state index is 12.3. The maximum Gasteiger partial charge on any atom is 0.255 e. The van der Waals surface area contributed by atoms with E-state index in [1.165, 1.54) is 18.6 Å². The van der Waals surface area contributed by atoms with Crippen LogP contribution in [-0.2, 0) is 16.8 Å². The Morgan fingerprint density at radius 1 is 1.32 bits per heavy atom. The van der Waals surface area contributed by atoms with E-state index >= 15 is 0 Å². The third kappa shape index (κ3) is 3.74. The van der Waals surface area contributed by atoms with E-state index in [1.54, 1.807) is 6.92 Å². The van der Waals surface area contributed by atoms with Crippen LogP contribution in [-0.4, -0.2) is 29.5 Å². The Bertz CT molecular complexity index is 757. The number of fused-ring (bicyclic) bond motifs is 1. The second-order valence-corrected chi connectivity index (χ2v) is 6.47. The van der Waals surface area contributed by atoms with Gasteiger partial charge in [0.1, 0.15) is 17.9 Å². The van der Waals surface area contributed by atoms with Gasteiger partial charge in [-0.05, 0) is 43.4 Å². The first-order chi connectivity index (χ1) is 12.0. The number of aryl methyl sites for hydroxylation is 1. The lowest BCUT2D eigenvalue weighted by molar-refractivity contribution is -0.124. The molecule has 0 fully saturated rings. The Kier molecular flexibility index (Phi) is 4.90. The van der Waals surface area contributed by atoms with Crippen molar-refractivity contribution in [2.45, 2.75) is 37.8 Å². The van der Waals surface area contributed by atoms with E-state index in [1.807, 2.05) is 24.3 Å². The number of carbonyl (C=O) groups excluding carboxylic acids is 2. The van der Waals surface area contributed by atoms with Gasteiger partial charge in [-0.2, -0.15) is 0 Å². The van der Waals surface area contributed by atoms with Crippen molar-refractivity contribution >= 4 is 11.8 Å². The molecule has 1 heterocycles. The zero-order valence-corrected chi connectivity index (χ0v) is 14.1. The number of aliphatic hydroxyl groups is 1. The van der Waals surface area contributed by atoms with Crippen LogP contribution in [0.2, 0.25) is 0 Å². The van der Waals surface area contributed by atoms with E-state index in [-0.39, 0.29) is 18.4 Å². The molecule has 132 valence electrons. The van der Waals surface area contributed by atoms with Gasteiger partial charge in [-0.1, -0.05) is 24.3 Å². The molecule has 0 spiro atoms. The Hall–Kier alpha value is -2.60. The fourth-order valence-electron chi connectivity index (χ4n) is 3.21. The van der Waals surface area contributed by atoms with Gasteiger partial charge in [0.2, 0.25) is 5.91 Å². The highest BCUT2D eigenvalue weighted by Crippen LogP contribution is 2.34. The third-order valence-corrected chi connectivity index (χ3v) is 4.63. The van der Waals surface area contributed by atoms with Crippen molar-refractivity contribution < 1.29 is 19.1 Å². The highest BCUT2D eigenvalue weighted by Gasteiger charge is 2.34. The summed E-state index contributed by atoms with van der Waals surface area (Å²) in [5, 5.41) is 16.3. The molecule has 3 N–H and O–H groups in total. The molecule has 6 nitrogen and oxygen atoms in total. The smallest absolute Gasteiger partial charge is 0.255 e. The molecule has 2 aromatic rings. The number of hydrogen-bond donors (Lipinski definition) is 3. The van der Waals surface area contributed by atoms with Gasteiger partial charge in [-0.25, -0.2) is 0 Å². The molecular weight excluding hydrogens is 320 g/mol. The van der Waals surface area contributed by atoms with Gasteiger partial charge in [0, 0.05) is 0 Å². The maximum atomic E-state index is 12.3. The van der Waals surface area contributed by atoms with Crippen molar-refractivity contribution in [2.75, 3.05) is 6.54 Å². The Morgan fingerprint density at radius 3 is 2.88 bits per heavy atom. The minimum atomic E-state index is -1.07. The van der Waals surface area contributed by atoms with Crippen LogP contribution in [0.15, 0.2) is 47.3 Å². The van der Waals surface area contributed by atoms with Gasteiger partial charge in [0.15, 0.2) is 0 Å². The second kappa shape index (κ2) is 7.11. The van der Waals surface area contributed by atoms with Crippen LogP contribution < -0.4 is 10.6 Å². The third-order valence-electron chi connectivity index (χ3n) is 4.63. The molecule has 1 aliphatic carbocycles. The first-order valence-electron chi connectivity index (χ1n) is 8.41. The number of hydrogen-bond acceptors (Lipinski definition) is 4. The summed E-state index contributed by atoms with van der Waals surface area (Å²) in [6, 6.07) is 8.58. The van der Waals surface area contributed by atoms with Crippen molar-refractivity contribution in [3.63, 3.8) is 0 Å². The van der Waals surface area contributed by atoms with Gasteiger partial charge in [-0.15, -0.1) is 0 Å². The summed E-state index contributed by atoms with van der Waals surface area (Å²) in [6.07, 6.45) is 5.12. The Labute approximate surface area is 146 Å². The molecule has 0 saturated heterocycles. The van der Waals surface area contributed by atoms with Gasteiger partial charge in [-0.3, -0.25) is 9.59 Å².